The van der Waals surface area contributed by atoms with Gasteiger partial charge in [0.05, 0.1) is 12.6 Å². The van der Waals surface area contributed by atoms with Crippen molar-refractivity contribution in [2.45, 2.75) is 38.8 Å². The zero-order valence-electron chi connectivity index (χ0n) is 13.2. The van der Waals surface area contributed by atoms with Gasteiger partial charge in [0.2, 0.25) is 5.91 Å². The third-order valence-electron chi connectivity index (χ3n) is 4.70. The highest BCUT2D eigenvalue weighted by molar-refractivity contribution is 5.81. The first-order valence-corrected chi connectivity index (χ1v) is 7.89. The van der Waals surface area contributed by atoms with Crippen LogP contribution < -0.4 is 0 Å². The minimum Gasteiger partial charge on any atom is -0.383 e. The minimum absolute atomic E-state index is 0.0279. The molecule has 0 spiro atoms. The van der Waals surface area contributed by atoms with Crippen LogP contribution in [0.5, 0.6) is 0 Å². The fourth-order valence-electron chi connectivity index (χ4n) is 3.27. The third kappa shape index (κ3) is 3.71. The molecule has 0 aromatic rings. The standard InChI is InChI=1S/C15H29N3O2/c1-13-12-18(9-8-16(13)10-11-20-3)14(2)15(19)17-6-4-5-7-17/h13-14H,4-12H2,1-3H3. The maximum absolute atomic E-state index is 12.5. The van der Waals surface area contributed by atoms with Crippen LogP contribution in [0.2, 0.25) is 0 Å². The van der Waals surface area contributed by atoms with Crippen molar-refractivity contribution in [2.75, 3.05) is 53.0 Å². The Balaban J connectivity index is 1.83. The van der Waals surface area contributed by atoms with Gasteiger partial charge in [0.1, 0.15) is 0 Å². The van der Waals surface area contributed by atoms with Gasteiger partial charge in [-0.15, -0.1) is 0 Å². The lowest BCUT2D eigenvalue weighted by Crippen LogP contribution is -2.57. The Labute approximate surface area is 122 Å². The van der Waals surface area contributed by atoms with Gasteiger partial charge in [-0.05, 0) is 26.7 Å². The molecule has 0 aliphatic carbocycles. The van der Waals surface area contributed by atoms with Crippen LogP contribution in [0.15, 0.2) is 0 Å². The molecule has 1 amide bonds. The fraction of sp³-hybridized carbons (Fsp3) is 0.933. The molecular weight excluding hydrogens is 254 g/mol. The van der Waals surface area contributed by atoms with E-state index >= 15 is 0 Å². The molecule has 116 valence electrons. The normalized spacial score (nSPS) is 26.9. The van der Waals surface area contributed by atoms with Crippen LogP contribution in [0.1, 0.15) is 26.7 Å². The van der Waals surface area contributed by atoms with E-state index in [9.17, 15) is 4.79 Å². The number of rotatable bonds is 5. The number of piperazine rings is 1. The highest BCUT2D eigenvalue weighted by atomic mass is 16.5. The molecule has 0 aromatic heterocycles. The van der Waals surface area contributed by atoms with E-state index in [1.54, 1.807) is 7.11 Å². The highest BCUT2D eigenvalue weighted by Gasteiger charge is 2.32. The predicted octanol–water partition coefficient (Wildman–Crippen LogP) is 0.650. The number of carbonyl (C=O) groups excluding carboxylic acids is 1. The van der Waals surface area contributed by atoms with E-state index in [2.05, 4.69) is 23.6 Å². The summed E-state index contributed by atoms with van der Waals surface area (Å²) in [5.74, 6) is 0.319. The highest BCUT2D eigenvalue weighted by Crippen LogP contribution is 2.16. The SMILES string of the molecule is COCCN1CCN(C(C)C(=O)N2CCCC2)CC1C. The van der Waals surface area contributed by atoms with E-state index < -0.39 is 0 Å². The second-order valence-corrected chi connectivity index (χ2v) is 6.08. The summed E-state index contributed by atoms with van der Waals surface area (Å²) in [5, 5.41) is 0. The second-order valence-electron chi connectivity index (χ2n) is 6.08. The summed E-state index contributed by atoms with van der Waals surface area (Å²) in [5.41, 5.74) is 0. The van der Waals surface area contributed by atoms with Gasteiger partial charge in [0, 0.05) is 52.4 Å². The fourth-order valence-corrected chi connectivity index (χ4v) is 3.27. The Morgan fingerprint density at radius 1 is 1.25 bits per heavy atom. The zero-order valence-corrected chi connectivity index (χ0v) is 13.2. The first-order valence-electron chi connectivity index (χ1n) is 7.89. The Bertz CT molecular complexity index is 318. The molecule has 0 radical (unpaired) electrons. The largest absolute Gasteiger partial charge is 0.383 e. The number of nitrogens with zero attached hydrogens (tertiary/aromatic N) is 3. The lowest BCUT2D eigenvalue weighted by molar-refractivity contribution is -0.136. The van der Waals surface area contributed by atoms with Crippen molar-refractivity contribution >= 4 is 5.91 Å². The lowest BCUT2D eigenvalue weighted by Gasteiger charge is -2.42. The first-order chi connectivity index (χ1) is 9.63. The maximum Gasteiger partial charge on any atom is 0.239 e. The summed E-state index contributed by atoms with van der Waals surface area (Å²) >= 11 is 0. The van der Waals surface area contributed by atoms with Crippen LogP contribution >= 0.6 is 0 Å². The number of ether oxygens (including phenoxy) is 1. The van der Waals surface area contributed by atoms with Gasteiger partial charge in [-0.3, -0.25) is 14.6 Å². The third-order valence-corrected chi connectivity index (χ3v) is 4.70. The molecule has 20 heavy (non-hydrogen) atoms. The molecule has 5 heteroatoms. The first kappa shape index (κ1) is 15.7. The Morgan fingerprint density at radius 3 is 2.55 bits per heavy atom. The monoisotopic (exact) mass is 283 g/mol. The zero-order chi connectivity index (χ0) is 14.5. The average Bonchev–Trinajstić information content (AvgIpc) is 2.98. The molecule has 2 aliphatic rings. The summed E-state index contributed by atoms with van der Waals surface area (Å²) in [4.78, 5) is 19.3. The molecule has 2 atom stereocenters. The lowest BCUT2D eigenvalue weighted by atomic mass is 10.1. The molecule has 2 unspecified atom stereocenters. The molecule has 2 heterocycles. The van der Waals surface area contributed by atoms with E-state index in [0.717, 1.165) is 45.9 Å². The Hall–Kier alpha value is -0.650. The Kier molecular flexibility index (Phi) is 5.81. The minimum atomic E-state index is 0.0279. The topological polar surface area (TPSA) is 36.0 Å². The number of hydrogen-bond acceptors (Lipinski definition) is 4. The van der Waals surface area contributed by atoms with Gasteiger partial charge in [0.15, 0.2) is 0 Å². The summed E-state index contributed by atoms with van der Waals surface area (Å²) in [7, 11) is 1.75. The number of hydrogen-bond donors (Lipinski definition) is 0. The van der Waals surface area contributed by atoms with Crippen molar-refractivity contribution in [3.63, 3.8) is 0 Å². The second kappa shape index (κ2) is 7.38. The summed E-state index contributed by atoms with van der Waals surface area (Å²) < 4.78 is 5.16. The van der Waals surface area contributed by atoms with Gasteiger partial charge in [-0.1, -0.05) is 0 Å². The van der Waals surface area contributed by atoms with Gasteiger partial charge in [-0.2, -0.15) is 0 Å². The smallest absolute Gasteiger partial charge is 0.239 e. The quantitative estimate of drug-likeness (QED) is 0.742. The summed E-state index contributed by atoms with van der Waals surface area (Å²) in [6.45, 7) is 11.0. The number of likely N-dealkylation sites (tertiary alicyclic amines) is 1. The van der Waals surface area contributed by atoms with Crippen molar-refractivity contribution in [1.29, 1.82) is 0 Å². The molecule has 0 saturated carbocycles. The van der Waals surface area contributed by atoms with Crippen LogP contribution in [0.4, 0.5) is 0 Å². The Morgan fingerprint density at radius 2 is 1.95 bits per heavy atom. The van der Waals surface area contributed by atoms with E-state index in [4.69, 9.17) is 4.74 Å². The molecule has 2 rings (SSSR count). The van der Waals surface area contributed by atoms with Crippen molar-refractivity contribution in [2.24, 2.45) is 0 Å². The van der Waals surface area contributed by atoms with Gasteiger partial charge >= 0.3 is 0 Å². The molecule has 2 fully saturated rings. The number of amides is 1. The molecule has 0 aromatic carbocycles. The van der Waals surface area contributed by atoms with Crippen LogP contribution in [-0.2, 0) is 9.53 Å². The van der Waals surface area contributed by atoms with E-state index in [-0.39, 0.29) is 6.04 Å². The van der Waals surface area contributed by atoms with Crippen molar-refractivity contribution in [3.05, 3.63) is 0 Å². The molecule has 5 nitrogen and oxygen atoms in total. The van der Waals surface area contributed by atoms with Crippen LogP contribution in [-0.4, -0.2) is 85.7 Å². The van der Waals surface area contributed by atoms with Crippen molar-refractivity contribution < 1.29 is 9.53 Å². The molecule has 2 saturated heterocycles. The van der Waals surface area contributed by atoms with Crippen LogP contribution in [0, 0.1) is 0 Å². The maximum atomic E-state index is 12.5. The molecular formula is C15H29N3O2. The van der Waals surface area contributed by atoms with Gasteiger partial charge < -0.3 is 9.64 Å². The molecule has 2 aliphatic heterocycles. The predicted molar refractivity (Wildman–Crippen MR) is 79.8 cm³/mol. The molecule has 0 N–H and O–H groups in total. The van der Waals surface area contributed by atoms with Gasteiger partial charge in [-0.25, -0.2) is 0 Å². The number of carbonyl (C=O) groups is 1. The van der Waals surface area contributed by atoms with Crippen molar-refractivity contribution in [1.82, 2.24) is 14.7 Å². The summed E-state index contributed by atoms with van der Waals surface area (Å²) in [6, 6.07) is 0.521. The van der Waals surface area contributed by atoms with Crippen LogP contribution in [0.25, 0.3) is 0 Å². The van der Waals surface area contributed by atoms with Gasteiger partial charge in [0.25, 0.3) is 0 Å². The van der Waals surface area contributed by atoms with Crippen LogP contribution in [0.3, 0.4) is 0 Å². The van der Waals surface area contributed by atoms with E-state index in [1.807, 2.05) is 4.90 Å². The number of methoxy groups -OCH3 is 1. The average molecular weight is 283 g/mol. The summed E-state index contributed by atoms with van der Waals surface area (Å²) in [6.07, 6.45) is 2.33. The van der Waals surface area contributed by atoms with Crippen molar-refractivity contribution in [3.8, 4) is 0 Å². The molecule has 0 bridgehead atoms. The van der Waals surface area contributed by atoms with E-state index in [0.29, 0.717) is 11.9 Å². The van der Waals surface area contributed by atoms with E-state index in [1.165, 1.54) is 12.8 Å².